The van der Waals surface area contributed by atoms with E-state index in [0.29, 0.717) is 6.54 Å². The van der Waals surface area contributed by atoms with Gasteiger partial charge in [-0.3, -0.25) is 6.54 Å². The van der Waals surface area contributed by atoms with Gasteiger partial charge in [-0.15, -0.1) is 30.2 Å². The van der Waals surface area contributed by atoms with Gasteiger partial charge in [0.05, 0.1) is 12.1 Å². The van der Waals surface area contributed by atoms with Crippen LogP contribution in [0.4, 0.5) is 0 Å². The van der Waals surface area contributed by atoms with E-state index in [2.05, 4.69) is 29.9 Å². The van der Waals surface area contributed by atoms with Crippen molar-refractivity contribution in [3.63, 3.8) is 0 Å². The summed E-state index contributed by atoms with van der Waals surface area (Å²) >= 11 is 0. The van der Waals surface area contributed by atoms with Crippen molar-refractivity contribution in [2.45, 2.75) is 127 Å². The summed E-state index contributed by atoms with van der Waals surface area (Å²) in [5, 5.41) is 74.0. The second kappa shape index (κ2) is 33.1. The molecule has 1 aliphatic rings. The topological polar surface area (TPSA) is 325 Å². The summed E-state index contributed by atoms with van der Waals surface area (Å²) in [6.07, 6.45) is -2.89. The molecule has 13 atom stereocenters. The third-order valence-corrected chi connectivity index (χ3v) is 6.73. The van der Waals surface area contributed by atoms with Crippen molar-refractivity contribution in [3.8, 4) is 0 Å². The Hall–Kier alpha value is 0.187. The summed E-state index contributed by atoms with van der Waals surface area (Å²) in [5.41, 5.74) is 28.0. The molecule has 0 amide bonds. The first kappa shape index (κ1) is 57.5. The summed E-state index contributed by atoms with van der Waals surface area (Å²) in [7, 11) is 3.96. The number of aliphatic hydroxyl groups is 4. The number of rotatable bonds is 20. The second-order valence-corrected chi connectivity index (χ2v) is 10.5. The molecule has 1 heterocycles. The molecule has 0 bridgehead atoms. The molecule has 0 aromatic rings. The Labute approximate surface area is 305 Å². The van der Waals surface area contributed by atoms with Crippen molar-refractivity contribution in [1.29, 1.82) is 0 Å². The summed E-state index contributed by atoms with van der Waals surface area (Å²) in [5.74, 6) is 0. The normalized spacial score (nSPS) is 23.4. The Kier molecular flexibility index (Phi) is 39.6. The molecule has 299 valence electrons. The number of hydroxylamine groups is 3. The van der Waals surface area contributed by atoms with E-state index < -0.39 is 67.0 Å². The monoisotopic (exact) mass is 792 g/mol. The van der Waals surface area contributed by atoms with Gasteiger partial charge in [-0.05, 0) is 13.0 Å². The molecule has 1 radical (unpaired) electrons. The molecule has 20 nitrogen and oxygen atoms in total. The van der Waals surface area contributed by atoms with Crippen LogP contribution in [0.25, 0.3) is 28.0 Å². The van der Waals surface area contributed by atoms with Crippen LogP contribution in [0.1, 0.15) is 54.4 Å². The maximum absolute atomic E-state index is 9.25. The summed E-state index contributed by atoms with van der Waals surface area (Å²) in [6, 6.07) is -4.57. The van der Waals surface area contributed by atoms with Crippen LogP contribution in [0.3, 0.4) is 0 Å². The van der Waals surface area contributed by atoms with Gasteiger partial charge in [-0.25, -0.2) is 10.1 Å². The standard InChI is InChI=1S/C8H16N2O3.C8H18N2O3.2C5H13N2O3.2Ni/c1-3-4-10-5-8(10,2)6(9)7(11)13-12;1-4-5-9-6(2)7(10-12)8(11)13-3;2*1-3(6)4(7-9)5(8)10-2;;/h5-7,9,11-12H,3-4H2,1-2H3;6-8,11-12H,4-5H2,1-3H3;2*3-9H,1-2H3;;/q2*-2;2*-1;;+3. The first-order valence-electron chi connectivity index (χ1n) is 14.7. The first-order valence-corrected chi connectivity index (χ1v) is 14.7. The van der Waals surface area contributed by atoms with Crippen LogP contribution in [0.15, 0.2) is 0 Å². The maximum Gasteiger partial charge on any atom is 3.00 e. The third-order valence-electron chi connectivity index (χ3n) is 6.73. The molecule has 0 aliphatic carbocycles. The van der Waals surface area contributed by atoms with Crippen molar-refractivity contribution in [1.82, 2.24) is 15.9 Å². The van der Waals surface area contributed by atoms with Crippen LogP contribution in [0.5, 0.6) is 0 Å². The van der Waals surface area contributed by atoms with Crippen molar-refractivity contribution in [3.05, 3.63) is 34.5 Å². The average Bonchev–Trinajstić information content (AvgIpc) is 3.70. The third kappa shape index (κ3) is 22.9. The number of nitrogens with one attached hydrogen (secondary N) is 5. The molecule has 48 heavy (non-hydrogen) atoms. The molecular weight excluding hydrogens is 734 g/mol. The van der Waals surface area contributed by atoms with E-state index in [1.807, 2.05) is 32.2 Å². The number of ether oxygens (including phenoxy) is 3. The molecule has 22 heteroatoms. The molecule has 13 unspecified atom stereocenters. The van der Waals surface area contributed by atoms with Gasteiger partial charge in [0.15, 0.2) is 18.9 Å². The largest absolute Gasteiger partial charge is 3.00 e. The molecule has 0 saturated carbocycles. The average molecular weight is 794 g/mol. The zero-order valence-corrected chi connectivity index (χ0v) is 30.9. The van der Waals surface area contributed by atoms with Crippen LogP contribution < -0.4 is 11.0 Å². The van der Waals surface area contributed by atoms with E-state index in [9.17, 15) is 5.11 Å². The van der Waals surface area contributed by atoms with E-state index in [1.54, 1.807) is 17.9 Å². The SMILES string of the molecule is CCCN1[CH-]C1(C)C([NH-])C(O)OO.CCC[N-]C(C)C([N-]O)C(O)OC.COC(O)C(NO)C(C)[NH-].COC(O)C(NO)C(C)[NH-].[Ni+3].[Ni]. The molecule has 13 N–H and O–H groups in total. The van der Waals surface area contributed by atoms with Crippen molar-refractivity contribution in [2.75, 3.05) is 34.4 Å². The fraction of sp³-hybridized carbons (Fsp3) is 0.962. The van der Waals surface area contributed by atoms with Gasteiger partial charge in [0.2, 0.25) is 0 Å². The number of aliphatic hydroxyl groups excluding tert-OH is 4. The van der Waals surface area contributed by atoms with Gasteiger partial charge in [-0.1, -0.05) is 60.0 Å². The molecule has 1 fully saturated rings. The van der Waals surface area contributed by atoms with E-state index in [1.165, 1.54) is 35.2 Å². The van der Waals surface area contributed by atoms with Crippen molar-refractivity contribution in [2.24, 2.45) is 0 Å². The van der Waals surface area contributed by atoms with Crippen molar-refractivity contribution >= 4 is 0 Å². The number of hydrogen-bond acceptors (Lipinski definition) is 15. The molecule has 0 aromatic carbocycles. The van der Waals surface area contributed by atoms with Crippen molar-refractivity contribution < 1.29 is 93.4 Å². The van der Waals surface area contributed by atoms with Gasteiger partial charge in [-0.2, -0.15) is 11.0 Å². The second-order valence-electron chi connectivity index (χ2n) is 10.5. The Balaban J connectivity index is -0.000000170. The Morgan fingerprint density at radius 2 is 1.23 bits per heavy atom. The predicted molar refractivity (Wildman–Crippen MR) is 168 cm³/mol. The quantitative estimate of drug-likeness (QED) is 0.0209. The van der Waals surface area contributed by atoms with E-state index in [0.717, 1.165) is 19.4 Å². The van der Waals surface area contributed by atoms with Gasteiger partial charge in [0, 0.05) is 37.8 Å². The number of hydrogen-bond donors (Lipinski definition) is 10. The smallest absolute Gasteiger partial charge is 0.673 e. The summed E-state index contributed by atoms with van der Waals surface area (Å²) in [4.78, 5) is 5.69. The Morgan fingerprint density at radius 3 is 1.48 bits per heavy atom. The van der Waals surface area contributed by atoms with Crippen LogP contribution >= 0.6 is 0 Å². The van der Waals surface area contributed by atoms with Gasteiger partial charge in [0.25, 0.3) is 0 Å². The fourth-order valence-electron chi connectivity index (χ4n) is 3.55. The van der Waals surface area contributed by atoms with Crippen LogP contribution in [-0.2, 0) is 52.1 Å². The molecule has 0 spiro atoms. The minimum Gasteiger partial charge on any atom is -0.673 e. The number of methoxy groups -OCH3 is 3. The van der Waals surface area contributed by atoms with Gasteiger partial charge in [0.1, 0.15) is 6.29 Å². The molecule has 1 saturated heterocycles. The van der Waals surface area contributed by atoms with E-state index in [-0.39, 0.29) is 39.0 Å². The van der Waals surface area contributed by atoms with Gasteiger partial charge < -0.3 is 83.2 Å². The van der Waals surface area contributed by atoms with Crippen LogP contribution in [0.2, 0.25) is 0 Å². The van der Waals surface area contributed by atoms with Crippen LogP contribution in [-0.4, -0.2) is 154 Å². The van der Waals surface area contributed by atoms with E-state index >= 15 is 0 Å². The minimum atomic E-state index is -1.44. The zero-order valence-electron chi connectivity index (χ0n) is 28.9. The zero-order chi connectivity index (χ0) is 36.6. The number of nitrogens with zero attached hydrogens (tertiary/aromatic N) is 3. The van der Waals surface area contributed by atoms with E-state index in [4.69, 9.17) is 53.4 Å². The first-order chi connectivity index (χ1) is 21.5. The Morgan fingerprint density at radius 1 is 0.812 bits per heavy atom. The fourth-order valence-corrected chi connectivity index (χ4v) is 3.55. The molecule has 1 rings (SSSR count). The maximum atomic E-state index is 9.25. The summed E-state index contributed by atoms with van der Waals surface area (Å²) in [6.45, 7) is 14.2. The molecule has 1 aliphatic heterocycles. The predicted octanol–water partition coefficient (Wildman–Crippen LogP) is 1.59. The molecule has 0 aromatic heterocycles. The molecular formula is C26H60N8Ni2O12-3. The van der Waals surface area contributed by atoms with Crippen LogP contribution in [0, 0.1) is 6.54 Å². The minimum absolute atomic E-state index is 0. The summed E-state index contributed by atoms with van der Waals surface area (Å²) < 4.78 is 13.6. The Bertz CT molecular complexity index is 679. The van der Waals surface area contributed by atoms with Gasteiger partial charge >= 0.3 is 16.5 Å².